The predicted molar refractivity (Wildman–Crippen MR) is 111 cm³/mol. The van der Waals surface area contributed by atoms with Crippen LogP contribution in [0.3, 0.4) is 0 Å². The summed E-state index contributed by atoms with van der Waals surface area (Å²) in [7, 11) is 3.22. The van der Waals surface area contributed by atoms with Crippen molar-refractivity contribution in [3.8, 4) is 5.75 Å². The van der Waals surface area contributed by atoms with Crippen LogP contribution >= 0.6 is 0 Å². The predicted octanol–water partition coefficient (Wildman–Crippen LogP) is 4.26. The first-order chi connectivity index (χ1) is 14.7. The number of carbonyl (C=O) groups excluding carboxylic acids is 2. The molecule has 3 aromatic carbocycles. The summed E-state index contributed by atoms with van der Waals surface area (Å²) in [6.07, 6.45) is -4.47. The second-order valence-corrected chi connectivity index (χ2v) is 7.06. The summed E-state index contributed by atoms with van der Waals surface area (Å²) in [5, 5.41) is 4.46. The lowest BCUT2D eigenvalue weighted by Crippen LogP contribution is -2.37. The summed E-state index contributed by atoms with van der Waals surface area (Å²) in [6.45, 7) is 0.0814. The molecule has 0 aliphatic carbocycles. The number of hydrogen-bond donors (Lipinski definition) is 1. The van der Waals surface area contributed by atoms with Crippen molar-refractivity contribution in [2.45, 2.75) is 12.7 Å². The minimum atomic E-state index is -4.47. The fourth-order valence-electron chi connectivity index (χ4n) is 3.06. The molecule has 0 aliphatic rings. The molecular formula is C23H21F3N2O3. The highest BCUT2D eigenvalue weighted by atomic mass is 19.4. The van der Waals surface area contributed by atoms with Gasteiger partial charge in [-0.1, -0.05) is 18.2 Å². The first-order valence-corrected chi connectivity index (χ1v) is 9.43. The van der Waals surface area contributed by atoms with Gasteiger partial charge in [0.15, 0.2) is 0 Å². The number of alkyl halides is 3. The van der Waals surface area contributed by atoms with Gasteiger partial charge in [-0.3, -0.25) is 9.59 Å². The summed E-state index contributed by atoms with van der Waals surface area (Å²) in [6, 6.07) is 15.4. The molecular weight excluding hydrogens is 409 g/mol. The van der Waals surface area contributed by atoms with Crippen molar-refractivity contribution in [2.75, 3.05) is 20.7 Å². The topological polar surface area (TPSA) is 58.6 Å². The Labute approximate surface area is 177 Å². The Kier molecular flexibility index (Phi) is 6.48. The lowest BCUT2D eigenvalue weighted by molar-refractivity contribution is -0.137. The van der Waals surface area contributed by atoms with Gasteiger partial charge in [0, 0.05) is 19.2 Å². The van der Waals surface area contributed by atoms with Gasteiger partial charge in [-0.2, -0.15) is 13.2 Å². The number of likely N-dealkylation sites (N-methyl/N-ethyl adjacent to an activating group) is 1. The number of halogens is 3. The van der Waals surface area contributed by atoms with E-state index in [9.17, 15) is 22.8 Å². The Morgan fingerprint density at radius 1 is 0.968 bits per heavy atom. The molecule has 162 valence electrons. The second-order valence-electron chi connectivity index (χ2n) is 7.06. The Bertz CT molecular complexity index is 1100. The van der Waals surface area contributed by atoms with E-state index >= 15 is 0 Å². The van der Waals surface area contributed by atoms with Crippen molar-refractivity contribution < 1.29 is 27.5 Å². The molecule has 0 radical (unpaired) electrons. The second kappa shape index (κ2) is 9.07. The molecule has 0 unspecified atom stereocenters. The number of fused-ring (bicyclic) bond motifs is 1. The molecule has 0 aliphatic heterocycles. The monoisotopic (exact) mass is 430 g/mol. The number of hydrogen-bond acceptors (Lipinski definition) is 3. The van der Waals surface area contributed by atoms with Gasteiger partial charge in [0.1, 0.15) is 5.75 Å². The van der Waals surface area contributed by atoms with Crippen LogP contribution in [-0.4, -0.2) is 37.4 Å². The summed E-state index contributed by atoms with van der Waals surface area (Å²) in [4.78, 5) is 25.9. The van der Waals surface area contributed by atoms with Gasteiger partial charge in [0.2, 0.25) is 5.91 Å². The Morgan fingerprint density at radius 2 is 1.61 bits per heavy atom. The van der Waals surface area contributed by atoms with Crippen molar-refractivity contribution in [3.63, 3.8) is 0 Å². The number of benzene rings is 3. The summed E-state index contributed by atoms with van der Waals surface area (Å²) in [5.41, 5.74) is 0.129. The van der Waals surface area contributed by atoms with Crippen LogP contribution in [-0.2, 0) is 17.5 Å². The van der Waals surface area contributed by atoms with Crippen LogP contribution in [0, 0.1) is 0 Å². The van der Waals surface area contributed by atoms with E-state index < -0.39 is 17.6 Å². The normalized spacial score (nSPS) is 11.3. The van der Waals surface area contributed by atoms with Gasteiger partial charge in [0.05, 0.1) is 19.2 Å². The summed E-state index contributed by atoms with van der Waals surface area (Å²) >= 11 is 0. The number of nitrogens with one attached hydrogen (secondary N) is 1. The molecule has 0 fully saturated rings. The van der Waals surface area contributed by atoms with Gasteiger partial charge in [-0.15, -0.1) is 0 Å². The maximum Gasteiger partial charge on any atom is 0.416 e. The number of ether oxygens (including phenoxy) is 1. The summed E-state index contributed by atoms with van der Waals surface area (Å²) < 4.78 is 43.0. The molecule has 3 rings (SSSR count). The summed E-state index contributed by atoms with van der Waals surface area (Å²) in [5.74, 6) is -0.179. The molecule has 0 saturated heterocycles. The van der Waals surface area contributed by atoms with Gasteiger partial charge in [-0.05, 0) is 58.8 Å². The smallest absolute Gasteiger partial charge is 0.416 e. The molecule has 0 saturated carbocycles. The highest BCUT2D eigenvalue weighted by molar-refractivity contribution is 5.96. The third-order valence-electron chi connectivity index (χ3n) is 4.83. The molecule has 2 amide bonds. The van der Waals surface area contributed by atoms with E-state index in [1.54, 1.807) is 14.2 Å². The molecule has 1 N–H and O–H groups in total. The SMILES string of the molecule is COc1ccc2cc(CN(C)C(=O)CNC(=O)c3ccc(C(F)(F)F)cc3)ccc2c1. The number of rotatable bonds is 6. The van der Waals surface area contributed by atoms with Crippen molar-refractivity contribution in [3.05, 3.63) is 77.4 Å². The molecule has 0 spiro atoms. The van der Waals surface area contributed by atoms with Crippen molar-refractivity contribution in [1.82, 2.24) is 10.2 Å². The van der Waals surface area contributed by atoms with E-state index in [0.29, 0.717) is 6.54 Å². The average Bonchev–Trinajstić information content (AvgIpc) is 2.76. The van der Waals surface area contributed by atoms with Crippen LogP contribution in [0.25, 0.3) is 10.8 Å². The minimum absolute atomic E-state index is 0.0495. The molecule has 3 aromatic rings. The fraction of sp³-hybridized carbons (Fsp3) is 0.217. The highest BCUT2D eigenvalue weighted by Gasteiger charge is 2.30. The van der Waals surface area contributed by atoms with Gasteiger partial charge < -0.3 is 15.0 Å². The number of methoxy groups -OCH3 is 1. The minimum Gasteiger partial charge on any atom is -0.497 e. The van der Waals surface area contributed by atoms with E-state index in [4.69, 9.17) is 4.74 Å². The Morgan fingerprint density at radius 3 is 2.26 bits per heavy atom. The standard InChI is InChI=1S/C23H21F3N2O3/c1-28(14-15-3-4-18-12-20(31-2)10-7-17(18)11-15)21(29)13-27-22(30)16-5-8-19(9-6-16)23(24,25)26/h3-12H,13-14H2,1-2H3,(H,27,30). The van der Waals surface area contributed by atoms with Crippen molar-refractivity contribution >= 4 is 22.6 Å². The van der Waals surface area contributed by atoms with E-state index in [2.05, 4.69) is 5.32 Å². The largest absolute Gasteiger partial charge is 0.497 e. The Balaban J connectivity index is 1.56. The van der Waals surface area contributed by atoms with Crippen LogP contribution in [0.1, 0.15) is 21.5 Å². The molecule has 8 heteroatoms. The van der Waals surface area contributed by atoms with E-state index in [1.807, 2.05) is 36.4 Å². The van der Waals surface area contributed by atoms with E-state index in [0.717, 1.165) is 46.4 Å². The number of carbonyl (C=O) groups is 2. The lowest BCUT2D eigenvalue weighted by atomic mass is 10.1. The third kappa shape index (κ3) is 5.53. The van der Waals surface area contributed by atoms with Crippen LogP contribution < -0.4 is 10.1 Å². The maximum absolute atomic E-state index is 12.6. The zero-order chi connectivity index (χ0) is 22.6. The zero-order valence-corrected chi connectivity index (χ0v) is 17.0. The maximum atomic E-state index is 12.6. The molecule has 0 bridgehead atoms. The van der Waals surface area contributed by atoms with Gasteiger partial charge in [-0.25, -0.2) is 0 Å². The van der Waals surface area contributed by atoms with Crippen LogP contribution in [0.4, 0.5) is 13.2 Å². The van der Waals surface area contributed by atoms with Crippen LogP contribution in [0.2, 0.25) is 0 Å². The molecule has 31 heavy (non-hydrogen) atoms. The van der Waals surface area contributed by atoms with Crippen LogP contribution in [0.15, 0.2) is 60.7 Å². The van der Waals surface area contributed by atoms with Gasteiger partial charge >= 0.3 is 6.18 Å². The lowest BCUT2D eigenvalue weighted by Gasteiger charge is -2.18. The quantitative estimate of drug-likeness (QED) is 0.636. The van der Waals surface area contributed by atoms with Crippen molar-refractivity contribution in [1.29, 1.82) is 0 Å². The average molecular weight is 430 g/mol. The van der Waals surface area contributed by atoms with E-state index in [-0.39, 0.29) is 18.0 Å². The third-order valence-corrected chi connectivity index (χ3v) is 4.83. The number of nitrogens with zero attached hydrogens (tertiary/aromatic N) is 1. The first kappa shape index (κ1) is 22.1. The Hall–Kier alpha value is -3.55. The zero-order valence-electron chi connectivity index (χ0n) is 17.0. The van der Waals surface area contributed by atoms with Crippen LogP contribution in [0.5, 0.6) is 5.75 Å². The molecule has 5 nitrogen and oxygen atoms in total. The fourth-order valence-corrected chi connectivity index (χ4v) is 3.06. The number of amides is 2. The molecule has 0 atom stereocenters. The highest BCUT2D eigenvalue weighted by Crippen LogP contribution is 2.29. The molecule has 0 aromatic heterocycles. The van der Waals surface area contributed by atoms with Gasteiger partial charge in [0.25, 0.3) is 5.91 Å². The molecule has 0 heterocycles. The van der Waals surface area contributed by atoms with E-state index in [1.165, 1.54) is 4.90 Å². The first-order valence-electron chi connectivity index (χ1n) is 9.43. The van der Waals surface area contributed by atoms with Crippen molar-refractivity contribution in [2.24, 2.45) is 0 Å².